The second-order valence-corrected chi connectivity index (χ2v) is 11.1. The second-order valence-electron chi connectivity index (χ2n) is 8.05. The minimum absolute atomic E-state index is 0.0709. The molecular weight excluding hydrogens is 446 g/mol. The number of rotatable bonds is 3. The molecule has 0 bridgehead atoms. The standard InChI is InChI=1S/C24H23NO5S2/c1-14-18-12-20(30-3)19(29-2)10-15(18)8-9-25(14)24(26)21-11-16-13-32(27,28)22-7-5-4-6-17(22)23(16)31-21/h4-7,10-12,14H,8-9,13H2,1-3H3/t14-/m0/s1. The lowest BCUT2D eigenvalue weighted by atomic mass is 9.92. The van der Waals surface area contributed by atoms with E-state index >= 15 is 0 Å². The van der Waals surface area contributed by atoms with Crippen molar-refractivity contribution in [3.8, 4) is 21.9 Å². The van der Waals surface area contributed by atoms with Gasteiger partial charge in [0.2, 0.25) is 0 Å². The molecule has 3 aromatic rings. The lowest BCUT2D eigenvalue weighted by Gasteiger charge is -2.35. The SMILES string of the molecule is COc1cc2c(cc1OC)[C@H](C)N(C(=O)c1cc3c(s1)-c1ccccc1S(=O)(=O)C3)CC2. The number of fused-ring (bicyclic) bond motifs is 4. The van der Waals surface area contributed by atoms with E-state index < -0.39 is 9.84 Å². The molecule has 1 amide bonds. The van der Waals surface area contributed by atoms with E-state index in [0.717, 1.165) is 16.0 Å². The Balaban J connectivity index is 1.50. The normalized spacial score (nSPS) is 18.3. The second kappa shape index (κ2) is 7.64. The Morgan fingerprint density at radius 1 is 1.06 bits per heavy atom. The number of carbonyl (C=O) groups excluding carboxylic acids is 1. The average Bonchev–Trinajstić information content (AvgIpc) is 3.21. The van der Waals surface area contributed by atoms with Gasteiger partial charge in [0, 0.05) is 17.0 Å². The van der Waals surface area contributed by atoms with Gasteiger partial charge in [-0.15, -0.1) is 11.3 Å². The fraction of sp³-hybridized carbons (Fsp3) is 0.292. The molecule has 0 saturated carbocycles. The van der Waals surface area contributed by atoms with Crippen LogP contribution >= 0.6 is 11.3 Å². The summed E-state index contributed by atoms with van der Waals surface area (Å²) in [6.07, 6.45) is 0.716. The van der Waals surface area contributed by atoms with Crippen LogP contribution in [0.25, 0.3) is 10.4 Å². The molecule has 0 spiro atoms. The Hall–Kier alpha value is -2.84. The number of ether oxygens (including phenoxy) is 2. The molecule has 2 aliphatic heterocycles. The van der Waals surface area contributed by atoms with Crippen LogP contribution in [0.15, 0.2) is 47.4 Å². The van der Waals surface area contributed by atoms with Crippen molar-refractivity contribution in [3.63, 3.8) is 0 Å². The maximum Gasteiger partial charge on any atom is 0.264 e. The molecule has 0 radical (unpaired) electrons. The van der Waals surface area contributed by atoms with Crippen LogP contribution in [0.2, 0.25) is 0 Å². The highest BCUT2D eigenvalue weighted by Gasteiger charge is 2.34. The first-order valence-corrected chi connectivity index (χ1v) is 12.8. The molecule has 0 fully saturated rings. The highest BCUT2D eigenvalue weighted by atomic mass is 32.2. The maximum absolute atomic E-state index is 13.5. The average molecular weight is 470 g/mol. The van der Waals surface area contributed by atoms with Gasteiger partial charge >= 0.3 is 0 Å². The predicted molar refractivity (Wildman–Crippen MR) is 123 cm³/mol. The molecule has 2 aromatic carbocycles. The summed E-state index contributed by atoms with van der Waals surface area (Å²) < 4.78 is 36.3. The molecule has 8 heteroatoms. The van der Waals surface area contributed by atoms with Gasteiger partial charge in [-0.3, -0.25) is 4.79 Å². The lowest BCUT2D eigenvalue weighted by Crippen LogP contribution is -2.38. The predicted octanol–water partition coefficient (Wildman–Crippen LogP) is 4.48. The van der Waals surface area contributed by atoms with E-state index in [9.17, 15) is 13.2 Å². The Labute approximate surface area is 191 Å². The minimum Gasteiger partial charge on any atom is -0.493 e. The number of hydrogen-bond acceptors (Lipinski definition) is 6. The minimum atomic E-state index is -3.40. The topological polar surface area (TPSA) is 72.9 Å². The molecule has 2 aliphatic rings. The van der Waals surface area contributed by atoms with E-state index in [-0.39, 0.29) is 17.7 Å². The monoisotopic (exact) mass is 469 g/mol. The molecule has 5 rings (SSSR count). The number of sulfone groups is 1. The van der Waals surface area contributed by atoms with Gasteiger partial charge < -0.3 is 14.4 Å². The van der Waals surface area contributed by atoms with Crippen molar-refractivity contribution in [1.82, 2.24) is 4.90 Å². The lowest BCUT2D eigenvalue weighted by molar-refractivity contribution is 0.0682. The van der Waals surface area contributed by atoms with Crippen LogP contribution < -0.4 is 9.47 Å². The van der Waals surface area contributed by atoms with Crippen LogP contribution in [0.4, 0.5) is 0 Å². The summed E-state index contributed by atoms with van der Waals surface area (Å²) in [6.45, 7) is 2.59. The summed E-state index contributed by atoms with van der Waals surface area (Å²) in [6, 6.07) is 12.6. The van der Waals surface area contributed by atoms with E-state index in [1.165, 1.54) is 11.3 Å². The summed E-state index contributed by atoms with van der Waals surface area (Å²) in [5, 5.41) is 0. The highest BCUT2D eigenvalue weighted by Crippen LogP contribution is 2.44. The molecule has 6 nitrogen and oxygen atoms in total. The highest BCUT2D eigenvalue weighted by molar-refractivity contribution is 7.91. The van der Waals surface area contributed by atoms with Gasteiger partial charge in [-0.05, 0) is 54.3 Å². The van der Waals surface area contributed by atoms with Gasteiger partial charge in [-0.2, -0.15) is 0 Å². The van der Waals surface area contributed by atoms with E-state index in [1.807, 2.05) is 36.1 Å². The van der Waals surface area contributed by atoms with Gasteiger partial charge in [-0.1, -0.05) is 18.2 Å². The van der Waals surface area contributed by atoms with Crippen LogP contribution in [-0.2, 0) is 22.0 Å². The van der Waals surface area contributed by atoms with Gasteiger partial charge in [-0.25, -0.2) is 8.42 Å². The zero-order valence-corrected chi connectivity index (χ0v) is 19.7. The number of benzene rings is 2. The zero-order chi connectivity index (χ0) is 22.6. The van der Waals surface area contributed by atoms with Gasteiger partial charge in [0.05, 0.1) is 35.8 Å². The van der Waals surface area contributed by atoms with Crippen molar-refractivity contribution < 1.29 is 22.7 Å². The zero-order valence-electron chi connectivity index (χ0n) is 18.0. The smallest absolute Gasteiger partial charge is 0.264 e. The summed E-state index contributed by atoms with van der Waals surface area (Å²) in [4.78, 5) is 17.2. The summed E-state index contributed by atoms with van der Waals surface area (Å²) in [7, 11) is -0.188. The van der Waals surface area contributed by atoms with E-state index in [4.69, 9.17) is 9.47 Å². The van der Waals surface area contributed by atoms with Gasteiger partial charge in [0.25, 0.3) is 5.91 Å². The number of amides is 1. The number of methoxy groups -OCH3 is 2. The van der Waals surface area contributed by atoms with Gasteiger partial charge in [0.15, 0.2) is 21.3 Å². The Morgan fingerprint density at radius 2 is 1.78 bits per heavy atom. The number of hydrogen-bond donors (Lipinski definition) is 0. The Kier molecular flexibility index (Phi) is 5.02. The van der Waals surface area contributed by atoms with Crippen LogP contribution in [0.3, 0.4) is 0 Å². The van der Waals surface area contributed by atoms with Crippen LogP contribution in [0.1, 0.15) is 39.3 Å². The summed E-state index contributed by atoms with van der Waals surface area (Å²) >= 11 is 1.38. The maximum atomic E-state index is 13.5. The molecule has 0 saturated heterocycles. The Bertz CT molecular complexity index is 1340. The van der Waals surface area contributed by atoms with E-state index in [1.54, 1.807) is 32.4 Å². The van der Waals surface area contributed by atoms with Crippen molar-refractivity contribution in [3.05, 3.63) is 64.0 Å². The van der Waals surface area contributed by atoms with Crippen molar-refractivity contribution in [2.45, 2.75) is 30.0 Å². The first-order chi connectivity index (χ1) is 15.3. The van der Waals surface area contributed by atoms with Crippen molar-refractivity contribution >= 4 is 27.1 Å². The molecule has 1 atom stereocenters. The third-order valence-electron chi connectivity index (χ3n) is 6.28. The van der Waals surface area contributed by atoms with Crippen LogP contribution in [0, 0.1) is 0 Å². The van der Waals surface area contributed by atoms with Crippen molar-refractivity contribution in [1.29, 1.82) is 0 Å². The Morgan fingerprint density at radius 3 is 2.53 bits per heavy atom. The molecule has 3 heterocycles. The first kappa shape index (κ1) is 21.0. The number of thiophene rings is 1. The molecule has 32 heavy (non-hydrogen) atoms. The molecular formula is C24H23NO5S2. The fourth-order valence-corrected chi connectivity index (χ4v) is 7.56. The van der Waals surface area contributed by atoms with Gasteiger partial charge in [0.1, 0.15) is 0 Å². The molecule has 0 N–H and O–H groups in total. The van der Waals surface area contributed by atoms with E-state index in [0.29, 0.717) is 45.4 Å². The fourth-order valence-electron chi connectivity index (χ4n) is 4.64. The number of nitrogens with zero attached hydrogens (tertiary/aromatic N) is 1. The molecule has 0 aliphatic carbocycles. The molecule has 0 unspecified atom stereocenters. The molecule has 1 aromatic heterocycles. The largest absolute Gasteiger partial charge is 0.493 e. The third kappa shape index (κ3) is 3.20. The third-order valence-corrected chi connectivity index (χ3v) is 9.19. The summed E-state index contributed by atoms with van der Waals surface area (Å²) in [5.41, 5.74) is 3.57. The quantitative estimate of drug-likeness (QED) is 0.566. The van der Waals surface area contributed by atoms with Crippen molar-refractivity contribution in [2.24, 2.45) is 0 Å². The number of carbonyl (C=O) groups is 1. The van der Waals surface area contributed by atoms with Crippen LogP contribution in [0.5, 0.6) is 11.5 Å². The van der Waals surface area contributed by atoms with E-state index in [2.05, 4.69) is 0 Å². The van der Waals surface area contributed by atoms with Crippen LogP contribution in [-0.4, -0.2) is 40.0 Å². The summed E-state index contributed by atoms with van der Waals surface area (Å²) in [5.74, 6) is 1.18. The first-order valence-electron chi connectivity index (χ1n) is 10.3. The van der Waals surface area contributed by atoms with Crippen molar-refractivity contribution in [2.75, 3.05) is 20.8 Å². The molecule has 166 valence electrons.